The van der Waals surface area contributed by atoms with Crippen molar-refractivity contribution in [2.24, 2.45) is 5.73 Å². The summed E-state index contributed by atoms with van der Waals surface area (Å²) in [6, 6.07) is 4.52. The summed E-state index contributed by atoms with van der Waals surface area (Å²) in [6.45, 7) is 5.43. The zero-order chi connectivity index (χ0) is 13.9. The molecule has 0 aliphatic carbocycles. The normalized spacial score (nSPS) is 13.2. The van der Waals surface area contributed by atoms with Crippen LogP contribution in [0.4, 0.5) is 0 Å². The molecule has 0 spiro atoms. The average molecular weight is 290 g/mol. The highest BCUT2D eigenvalue weighted by molar-refractivity contribution is 6.35. The molecule has 100 valence electrons. The maximum Gasteiger partial charge on any atom is 0.308 e. The second-order valence-electron chi connectivity index (χ2n) is 5.06. The van der Waals surface area contributed by atoms with Crippen molar-refractivity contribution >= 4 is 29.2 Å². The maximum atomic E-state index is 11.6. The van der Waals surface area contributed by atoms with Crippen LogP contribution in [0.25, 0.3) is 0 Å². The molecular weight excluding hydrogens is 273 g/mol. The lowest BCUT2D eigenvalue weighted by atomic mass is 10.0. The van der Waals surface area contributed by atoms with Gasteiger partial charge in [-0.05, 0) is 38.5 Å². The molecule has 5 heteroatoms. The first-order valence-electron chi connectivity index (χ1n) is 5.61. The molecule has 0 aliphatic heterocycles. The van der Waals surface area contributed by atoms with Gasteiger partial charge < -0.3 is 10.5 Å². The first-order valence-corrected chi connectivity index (χ1v) is 6.37. The van der Waals surface area contributed by atoms with E-state index in [1.54, 1.807) is 18.2 Å². The van der Waals surface area contributed by atoms with Gasteiger partial charge in [0.25, 0.3) is 0 Å². The van der Waals surface area contributed by atoms with E-state index in [9.17, 15) is 4.79 Å². The molecule has 1 rings (SSSR count). The molecule has 0 radical (unpaired) electrons. The SMILES string of the molecule is CC(C)(C)OC(=O)CC(N)c1ccc(Cl)cc1Cl. The van der Waals surface area contributed by atoms with Crippen molar-refractivity contribution in [2.45, 2.75) is 38.8 Å². The Kier molecular flexibility index (Phi) is 5.02. The van der Waals surface area contributed by atoms with Gasteiger partial charge in [-0.15, -0.1) is 0 Å². The van der Waals surface area contributed by atoms with Crippen molar-refractivity contribution in [3.63, 3.8) is 0 Å². The lowest BCUT2D eigenvalue weighted by Gasteiger charge is -2.21. The molecule has 1 unspecified atom stereocenters. The molecule has 1 atom stereocenters. The number of ether oxygens (including phenoxy) is 1. The van der Waals surface area contributed by atoms with Gasteiger partial charge in [0.05, 0.1) is 6.42 Å². The average Bonchev–Trinajstić information content (AvgIpc) is 2.13. The second-order valence-corrected chi connectivity index (χ2v) is 5.91. The number of benzene rings is 1. The van der Waals surface area contributed by atoms with Gasteiger partial charge in [0.1, 0.15) is 5.60 Å². The van der Waals surface area contributed by atoms with E-state index in [0.717, 1.165) is 0 Å². The summed E-state index contributed by atoms with van der Waals surface area (Å²) in [7, 11) is 0. The summed E-state index contributed by atoms with van der Waals surface area (Å²) in [4.78, 5) is 11.6. The number of carbonyl (C=O) groups is 1. The van der Waals surface area contributed by atoms with Crippen LogP contribution in [0.1, 0.15) is 38.8 Å². The summed E-state index contributed by atoms with van der Waals surface area (Å²) in [5.41, 5.74) is 6.11. The van der Waals surface area contributed by atoms with E-state index in [1.165, 1.54) is 0 Å². The van der Waals surface area contributed by atoms with Crippen LogP contribution in [0.3, 0.4) is 0 Å². The summed E-state index contributed by atoms with van der Waals surface area (Å²) in [5.74, 6) is -0.346. The van der Waals surface area contributed by atoms with E-state index >= 15 is 0 Å². The third kappa shape index (κ3) is 4.84. The van der Waals surface area contributed by atoms with Gasteiger partial charge >= 0.3 is 5.97 Å². The highest BCUT2D eigenvalue weighted by Crippen LogP contribution is 2.27. The molecule has 0 heterocycles. The largest absolute Gasteiger partial charge is 0.460 e. The van der Waals surface area contributed by atoms with Crippen molar-refractivity contribution in [2.75, 3.05) is 0 Å². The van der Waals surface area contributed by atoms with Crippen LogP contribution in [0.5, 0.6) is 0 Å². The molecule has 0 bridgehead atoms. The third-order valence-corrected chi connectivity index (χ3v) is 2.73. The Morgan fingerprint density at radius 3 is 2.50 bits per heavy atom. The number of esters is 1. The molecule has 0 saturated heterocycles. The van der Waals surface area contributed by atoms with Crippen LogP contribution in [-0.4, -0.2) is 11.6 Å². The van der Waals surface area contributed by atoms with Crippen LogP contribution in [0.15, 0.2) is 18.2 Å². The Hall–Kier alpha value is -0.770. The lowest BCUT2D eigenvalue weighted by molar-refractivity contribution is -0.155. The van der Waals surface area contributed by atoms with Crippen molar-refractivity contribution in [1.82, 2.24) is 0 Å². The summed E-state index contributed by atoms with van der Waals surface area (Å²) >= 11 is 11.8. The predicted molar refractivity (Wildman–Crippen MR) is 73.9 cm³/mol. The fraction of sp³-hybridized carbons (Fsp3) is 0.462. The number of hydrogen-bond donors (Lipinski definition) is 1. The van der Waals surface area contributed by atoms with E-state index in [0.29, 0.717) is 15.6 Å². The minimum Gasteiger partial charge on any atom is -0.460 e. The number of nitrogens with two attached hydrogens (primary N) is 1. The monoisotopic (exact) mass is 289 g/mol. The van der Waals surface area contributed by atoms with Crippen LogP contribution in [0, 0.1) is 0 Å². The second kappa shape index (κ2) is 5.91. The summed E-state index contributed by atoms with van der Waals surface area (Å²) < 4.78 is 5.21. The Morgan fingerprint density at radius 1 is 1.39 bits per heavy atom. The third-order valence-electron chi connectivity index (χ3n) is 2.17. The van der Waals surface area contributed by atoms with Gasteiger partial charge in [-0.25, -0.2) is 0 Å². The molecule has 2 N–H and O–H groups in total. The number of rotatable bonds is 3. The Morgan fingerprint density at radius 2 is 2.00 bits per heavy atom. The zero-order valence-electron chi connectivity index (χ0n) is 10.7. The summed E-state index contributed by atoms with van der Waals surface area (Å²) in [6.07, 6.45) is 0.0820. The molecular formula is C13H17Cl2NO2. The van der Waals surface area contributed by atoms with Crippen LogP contribution in [0.2, 0.25) is 10.0 Å². The van der Waals surface area contributed by atoms with Crippen LogP contribution < -0.4 is 5.73 Å². The van der Waals surface area contributed by atoms with Crippen molar-refractivity contribution in [3.05, 3.63) is 33.8 Å². The maximum absolute atomic E-state index is 11.6. The number of carbonyl (C=O) groups excluding carboxylic acids is 1. The first kappa shape index (κ1) is 15.3. The van der Waals surface area contributed by atoms with Gasteiger partial charge in [-0.1, -0.05) is 29.3 Å². The number of halogens is 2. The van der Waals surface area contributed by atoms with Crippen LogP contribution in [-0.2, 0) is 9.53 Å². The Balaban J connectivity index is 2.71. The van der Waals surface area contributed by atoms with Gasteiger partial charge in [-0.3, -0.25) is 4.79 Å². The molecule has 18 heavy (non-hydrogen) atoms. The van der Waals surface area contributed by atoms with Crippen molar-refractivity contribution in [3.8, 4) is 0 Å². The fourth-order valence-corrected chi connectivity index (χ4v) is 2.02. The standard InChI is InChI=1S/C13H17Cl2NO2/c1-13(2,3)18-12(17)7-11(16)9-5-4-8(14)6-10(9)15/h4-6,11H,7,16H2,1-3H3. The topological polar surface area (TPSA) is 52.3 Å². The lowest BCUT2D eigenvalue weighted by Crippen LogP contribution is -2.26. The van der Waals surface area contributed by atoms with Crippen molar-refractivity contribution in [1.29, 1.82) is 0 Å². The molecule has 0 amide bonds. The molecule has 0 aliphatic rings. The van der Waals surface area contributed by atoms with E-state index < -0.39 is 11.6 Å². The Labute approximate surface area is 117 Å². The molecule has 0 fully saturated rings. The Bertz CT molecular complexity index is 441. The van der Waals surface area contributed by atoms with Gasteiger partial charge in [0, 0.05) is 16.1 Å². The zero-order valence-corrected chi connectivity index (χ0v) is 12.2. The minimum atomic E-state index is -0.513. The predicted octanol–water partition coefficient (Wildman–Crippen LogP) is 3.73. The van der Waals surface area contributed by atoms with E-state index in [2.05, 4.69) is 0 Å². The van der Waals surface area contributed by atoms with E-state index in [-0.39, 0.29) is 12.4 Å². The minimum absolute atomic E-state index is 0.0820. The molecule has 0 saturated carbocycles. The first-order chi connectivity index (χ1) is 8.19. The van der Waals surface area contributed by atoms with Gasteiger partial charge in [0.15, 0.2) is 0 Å². The van der Waals surface area contributed by atoms with Gasteiger partial charge in [0.2, 0.25) is 0 Å². The molecule has 0 aromatic heterocycles. The smallest absolute Gasteiger partial charge is 0.308 e. The van der Waals surface area contributed by atoms with Crippen LogP contribution >= 0.6 is 23.2 Å². The highest BCUT2D eigenvalue weighted by atomic mass is 35.5. The quantitative estimate of drug-likeness (QED) is 0.863. The highest BCUT2D eigenvalue weighted by Gasteiger charge is 2.20. The van der Waals surface area contributed by atoms with E-state index in [1.807, 2.05) is 20.8 Å². The van der Waals surface area contributed by atoms with E-state index in [4.69, 9.17) is 33.7 Å². The molecule has 3 nitrogen and oxygen atoms in total. The molecule has 1 aromatic carbocycles. The number of hydrogen-bond acceptors (Lipinski definition) is 3. The fourth-order valence-electron chi connectivity index (χ4n) is 1.47. The summed E-state index contributed by atoms with van der Waals surface area (Å²) in [5, 5.41) is 0.992. The van der Waals surface area contributed by atoms with Crippen molar-refractivity contribution < 1.29 is 9.53 Å². The van der Waals surface area contributed by atoms with Gasteiger partial charge in [-0.2, -0.15) is 0 Å². The molecule has 1 aromatic rings.